The monoisotopic (exact) mass is 262 g/mol. The molecule has 0 saturated carbocycles. The van der Waals surface area contributed by atoms with Crippen LogP contribution in [0.4, 0.5) is 5.69 Å². The highest BCUT2D eigenvalue weighted by atomic mass is 32.2. The van der Waals surface area contributed by atoms with Crippen molar-refractivity contribution in [2.75, 3.05) is 12.0 Å². The standard InChI is InChI=1S/C13H14N2O2S/c1-9-11(10-5-7-15-8-6-10)3-4-12(14)13(9)18(2,16)17/h3-8H,14H2,1-2H3. The van der Waals surface area contributed by atoms with E-state index >= 15 is 0 Å². The van der Waals surface area contributed by atoms with Crippen molar-refractivity contribution in [2.24, 2.45) is 0 Å². The van der Waals surface area contributed by atoms with Gasteiger partial charge in [0.2, 0.25) is 0 Å². The number of rotatable bonds is 2. The molecule has 1 aromatic heterocycles. The molecule has 0 spiro atoms. The summed E-state index contributed by atoms with van der Waals surface area (Å²) in [7, 11) is -3.34. The Balaban J connectivity index is 2.74. The quantitative estimate of drug-likeness (QED) is 0.841. The lowest BCUT2D eigenvalue weighted by molar-refractivity contribution is 0.601. The normalized spacial score (nSPS) is 11.4. The van der Waals surface area contributed by atoms with Gasteiger partial charge in [-0.15, -0.1) is 0 Å². The van der Waals surface area contributed by atoms with Crippen LogP contribution in [0.3, 0.4) is 0 Å². The molecular weight excluding hydrogens is 248 g/mol. The number of nitrogens with two attached hydrogens (primary N) is 1. The topological polar surface area (TPSA) is 73.0 Å². The molecule has 0 fully saturated rings. The van der Waals surface area contributed by atoms with Gasteiger partial charge in [0, 0.05) is 18.6 Å². The summed E-state index contributed by atoms with van der Waals surface area (Å²) in [6.45, 7) is 1.77. The van der Waals surface area contributed by atoms with E-state index in [4.69, 9.17) is 5.73 Å². The van der Waals surface area contributed by atoms with Gasteiger partial charge in [0.05, 0.1) is 10.6 Å². The third-order valence-electron chi connectivity index (χ3n) is 2.80. The van der Waals surface area contributed by atoms with Gasteiger partial charge in [0.15, 0.2) is 9.84 Å². The molecule has 2 rings (SSSR count). The lowest BCUT2D eigenvalue weighted by Crippen LogP contribution is -2.06. The van der Waals surface area contributed by atoms with E-state index in [-0.39, 0.29) is 10.6 Å². The fourth-order valence-corrected chi connectivity index (χ4v) is 3.21. The molecule has 2 N–H and O–H groups in total. The second-order valence-corrected chi connectivity index (χ2v) is 6.12. The predicted molar refractivity (Wildman–Crippen MR) is 71.9 cm³/mol. The lowest BCUT2D eigenvalue weighted by Gasteiger charge is -2.12. The number of aromatic nitrogens is 1. The van der Waals surface area contributed by atoms with Crippen molar-refractivity contribution in [2.45, 2.75) is 11.8 Å². The van der Waals surface area contributed by atoms with E-state index in [1.807, 2.05) is 18.2 Å². The largest absolute Gasteiger partial charge is 0.398 e. The summed E-state index contributed by atoms with van der Waals surface area (Å²) < 4.78 is 23.5. The van der Waals surface area contributed by atoms with Crippen LogP contribution in [0.5, 0.6) is 0 Å². The second-order valence-electron chi connectivity index (χ2n) is 4.16. The minimum atomic E-state index is -3.34. The molecule has 0 atom stereocenters. The highest BCUT2D eigenvalue weighted by molar-refractivity contribution is 7.91. The van der Waals surface area contributed by atoms with E-state index in [0.717, 1.165) is 11.1 Å². The Hall–Kier alpha value is -1.88. The average Bonchev–Trinajstić information content (AvgIpc) is 2.28. The number of hydrogen-bond acceptors (Lipinski definition) is 4. The van der Waals surface area contributed by atoms with Crippen LogP contribution in [0.25, 0.3) is 11.1 Å². The molecule has 2 aromatic rings. The van der Waals surface area contributed by atoms with Crippen LogP contribution in [-0.2, 0) is 9.84 Å². The van der Waals surface area contributed by atoms with E-state index < -0.39 is 9.84 Å². The first-order chi connectivity index (χ1) is 8.41. The highest BCUT2D eigenvalue weighted by Crippen LogP contribution is 2.31. The van der Waals surface area contributed by atoms with Crippen molar-refractivity contribution in [1.82, 2.24) is 4.98 Å². The van der Waals surface area contributed by atoms with E-state index in [0.29, 0.717) is 5.56 Å². The Morgan fingerprint density at radius 2 is 1.72 bits per heavy atom. The van der Waals surface area contributed by atoms with Gasteiger partial charge in [0.25, 0.3) is 0 Å². The molecule has 0 aliphatic carbocycles. The number of benzene rings is 1. The fourth-order valence-electron chi connectivity index (χ4n) is 2.05. The predicted octanol–water partition coefficient (Wildman–Crippen LogP) is 2.04. The molecule has 5 heteroatoms. The summed E-state index contributed by atoms with van der Waals surface area (Å²) in [5.74, 6) is 0. The lowest BCUT2D eigenvalue weighted by atomic mass is 10.0. The maximum absolute atomic E-state index is 11.8. The number of hydrogen-bond donors (Lipinski definition) is 1. The van der Waals surface area contributed by atoms with Crippen LogP contribution in [0.15, 0.2) is 41.6 Å². The molecule has 0 saturated heterocycles. The zero-order valence-electron chi connectivity index (χ0n) is 10.2. The number of anilines is 1. The summed E-state index contributed by atoms with van der Waals surface area (Å²) in [6, 6.07) is 7.13. The number of nitrogen functional groups attached to an aromatic ring is 1. The van der Waals surface area contributed by atoms with Crippen molar-refractivity contribution >= 4 is 15.5 Å². The maximum Gasteiger partial charge on any atom is 0.177 e. The smallest absolute Gasteiger partial charge is 0.177 e. The fraction of sp³-hybridized carbons (Fsp3) is 0.154. The van der Waals surface area contributed by atoms with E-state index in [9.17, 15) is 8.42 Å². The first-order valence-electron chi connectivity index (χ1n) is 5.41. The van der Waals surface area contributed by atoms with E-state index in [2.05, 4.69) is 4.98 Å². The van der Waals surface area contributed by atoms with E-state index in [1.165, 1.54) is 6.26 Å². The number of sulfone groups is 1. The highest BCUT2D eigenvalue weighted by Gasteiger charge is 2.17. The van der Waals surface area contributed by atoms with Gasteiger partial charge < -0.3 is 5.73 Å². The van der Waals surface area contributed by atoms with Gasteiger partial charge in [-0.3, -0.25) is 4.98 Å². The Kier molecular flexibility index (Phi) is 3.09. The van der Waals surface area contributed by atoms with Gasteiger partial charge in [-0.2, -0.15) is 0 Å². The molecule has 0 unspecified atom stereocenters. The van der Waals surface area contributed by atoms with Gasteiger partial charge in [-0.25, -0.2) is 8.42 Å². The Bertz CT molecular complexity index is 680. The van der Waals surface area contributed by atoms with Crippen LogP contribution in [-0.4, -0.2) is 19.7 Å². The van der Waals surface area contributed by atoms with Crippen LogP contribution in [0.2, 0.25) is 0 Å². The zero-order valence-corrected chi connectivity index (χ0v) is 11.0. The summed E-state index contributed by atoms with van der Waals surface area (Å²) in [6.07, 6.45) is 4.51. The van der Waals surface area contributed by atoms with Crippen molar-refractivity contribution in [3.8, 4) is 11.1 Å². The van der Waals surface area contributed by atoms with Crippen molar-refractivity contribution in [3.05, 3.63) is 42.2 Å². The summed E-state index contributed by atoms with van der Waals surface area (Å²) >= 11 is 0. The average molecular weight is 262 g/mol. The van der Waals surface area contributed by atoms with Crippen LogP contribution in [0, 0.1) is 6.92 Å². The van der Waals surface area contributed by atoms with Crippen LogP contribution >= 0.6 is 0 Å². The summed E-state index contributed by atoms with van der Waals surface area (Å²) in [5.41, 5.74) is 8.50. The van der Waals surface area contributed by atoms with Gasteiger partial charge in [-0.1, -0.05) is 6.07 Å². The molecule has 94 valence electrons. The maximum atomic E-state index is 11.8. The first-order valence-corrected chi connectivity index (χ1v) is 7.30. The molecule has 0 aliphatic heterocycles. The van der Waals surface area contributed by atoms with Gasteiger partial charge in [0.1, 0.15) is 0 Å². The van der Waals surface area contributed by atoms with Crippen molar-refractivity contribution in [1.29, 1.82) is 0 Å². The van der Waals surface area contributed by atoms with Gasteiger partial charge >= 0.3 is 0 Å². The molecule has 0 amide bonds. The van der Waals surface area contributed by atoms with E-state index in [1.54, 1.807) is 25.4 Å². The molecule has 18 heavy (non-hydrogen) atoms. The van der Waals surface area contributed by atoms with Crippen LogP contribution in [0.1, 0.15) is 5.56 Å². The SMILES string of the molecule is Cc1c(-c2ccncc2)ccc(N)c1S(C)(=O)=O. The third kappa shape index (κ3) is 2.22. The third-order valence-corrected chi connectivity index (χ3v) is 4.08. The molecule has 0 bridgehead atoms. The number of pyridine rings is 1. The van der Waals surface area contributed by atoms with Crippen molar-refractivity contribution < 1.29 is 8.42 Å². The minimum Gasteiger partial charge on any atom is -0.398 e. The molecule has 0 aliphatic rings. The molecule has 0 radical (unpaired) electrons. The zero-order chi connectivity index (χ0) is 13.3. The minimum absolute atomic E-state index is 0.205. The number of nitrogens with zero attached hydrogens (tertiary/aromatic N) is 1. The van der Waals surface area contributed by atoms with Gasteiger partial charge in [-0.05, 0) is 41.8 Å². The second kappa shape index (κ2) is 4.42. The van der Waals surface area contributed by atoms with Crippen molar-refractivity contribution in [3.63, 3.8) is 0 Å². The Morgan fingerprint density at radius 3 is 2.28 bits per heavy atom. The van der Waals surface area contributed by atoms with Crippen LogP contribution < -0.4 is 5.73 Å². The molecule has 1 heterocycles. The molecule has 1 aromatic carbocycles. The molecular formula is C13H14N2O2S. The Morgan fingerprint density at radius 1 is 1.11 bits per heavy atom. The summed E-state index contributed by atoms with van der Waals surface area (Å²) in [5, 5.41) is 0. The Labute approximate surface area is 106 Å². The first kappa shape index (κ1) is 12.6. The molecule has 4 nitrogen and oxygen atoms in total. The summed E-state index contributed by atoms with van der Waals surface area (Å²) in [4.78, 5) is 4.15.